The van der Waals surface area contributed by atoms with E-state index < -0.39 is 0 Å². The summed E-state index contributed by atoms with van der Waals surface area (Å²) in [6, 6.07) is 11.9. The number of thiazole rings is 1. The van der Waals surface area contributed by atoms with Gasteiger partial charge in [0.15, 0.2) is 0 Å². The Balaban J connectivity index is 2.07. The Kier molecular flexibility index (Phi) is 3.42. The number of hydrogen-bond donors (Lipinski definition) is 1. The lowest BCUT2D eigenvalue weighted by molar-refractivity contribution is 0.631. The van der Waals surface area contributed by atoms with Crippen molar-refractivity contribution in [1.82, 2.24) is 4.98 Å². The van der Waals surface area contributed by atoms with Crippen LogP contribution in [0.2, 0.25) is 5.02 Å². The molecule has 0 bridgehead atoms. The highest BCUT2D eigenvalue weighted by Gasteiger charge is 2.12. The van der Waals surface area contributed by atoms with E-state index in [0.717, 1.165) is 11.3 Å². The first-order chi connectivity index (χ1) is 9.65. The highest BCUT2D eigenvalue weighted by Crippen LogP contribution is 2.33. The van der Waals surface area contributed by atoms with E-state index in [0.29, 0.717) is 21.3 Å². The maximum absolute atomic E-state index is 13.8. The fourth-order valence-corrected chi connectivity index (χ4v) is 2.92. The molecule has 0 radical (unpaired) electrons. The minimum atomic E-state index is -0.337. The van der Waals surface area contributed by atoms with Crippen molar-refractivity contribution in [2.24, 2.45) is 0 Å². The molecule has 0 fully saturated rings. The molecule has 1 aromatic heterocycles. The monoisotopic (exact) mass is 304 g/mol. The summed E-state index contributed by atoms with van der Waals surface area (Å²) >= 11 is 7.27. The molecule has 0 aliphatic carbocycles. The Morgan fingerprint density at radius 1 is 1.10 bits per heavy atom. The molecular weight excluding hydrogens is 295 g/mol. The lowest BCUT2D eigenvalue weighted by Gasteiger charge is -2.01. The van der Waals surface area contributed by atoms with Gasteiger partial charge in [-0.3, -0.25) is 0 Å². The minimum absolute atomic E-state index is 0.337. The number of halogens is 2. The third-order valence-electron chi connectivity index (χ3n) is 2.90. The molecule has 0 saturated heterocycles. The molecule has 5 heteroatoms. The van der Waals surface area contributed by atoms with Crippen LogP contribution in [0.25, 0.3) is 21.8 Å². The highest BCUT2D eigenvalue weighted by atomic mass is 35.5. The van der Waals surface area contributed by atoms with Crippen molar-refractivity contribution in [2.75, 3.05) is 5.73 Å². The number of nitrogens with two attached hydrogens (primary N) is 1. The zero-order chi connectivity index (χ0) is 14.1. The van der Waals surface area contributed by atoms with Gasteiger partial charge in [-0.25, -0.2) is 9.37 Å². The molecule has 0 spiro atoms. The van der Waals surface area contributed by atoms with Crippen LogP contribution in [0, 0.1) is 5.82 Å². The first-order valence-electron chi connectivity index (χ1n) is 5.91. The maximum Gasteiger partial charge on any atom is 0.133 e. The zero-order valence-electron chi connectivity index (χ0n) is 10.3. The Bertz CT molecular complexity index is 770. The fourth-order valence-electron chi connectivity index (χ4n) is 1.91. The molecule has 2 nitrogen and oxygen atoms in total. The van der Waals surface area contributed by atoms with Gasteiger partial charge in [0.2, 0.25) is 0 Å². The van der Waals surface area contributed by atoms with Gasteiger partial charge in [-0.2, -0.15) is 0 Å². The van der Waals surface area contributed by atoms with Gasteiger partial charge in [-0.05, 0) is 24.3 Å². The van der Waals surface area contributed by atoms with Crippen LogP contribution in [0.4, 0.5) is 10.1 Å². The number of para-hydroxylation sites is 1. The van der Waals surface area contributed by atoms with E-state index >= 15 is 0 Å². The molecule has 2 aromatic carbocycles. The van der Waals surface area contributed by atoms with Crippen molar-refractivity contribution in [2.45, 2.75) is 0 Å². The summed E-state index contributed by atoms with van der Waals surface area (Å²) in [6.07, 6.45) is 0. The van der Waals surface area contributed by atoms with Crippen LogP contribution in [0.3, 0.4) is 0 Å². The summed E-state index contributed by atoms with van der Waals surface area (Å²) in [4.78, 5) is 4.45. The summed E-state index contributed by atoms with van der Waals surface area (Å²) in [6.45, 7) is 0. The number of aromatic nitrogens is 1. The van der Waals surface area contributed by atoms with Gasteiger partial charge in [-0.15, -0.1) is 11.3 Å². The summed E-state index contributed by atoms with van der Waals surface area (Å²) in [5, 5.41) is 2.93. The number of hydrogen-bond acceptors (Lipinski definition) is 3. The van der Waals surface area contributed by atoms with Crippen molar-refractivity contribution >= 4 is 28.6 Å². The highest BCUT2D eigenvalue weighted by molar-refractivity contribution is 7.13. The van der Waals surface area contributed by atoms with Crippen LogP contribution in [-0.2, 0) is 0 Å². The molecule has 0 amide bonds. The molecule has 3 aromatic rings. The number of benzene rings is 2. The third-order valence-corrected chi connectivity index (χ3v) is 4.01. The van der Waals surface area contributed by atoms with Crippen LogP contribution in [0.5, 0.6) is 0 Å². The van der Waals surface area contributed by atoms with E-state index in [1.165, 1.54) is 23.5 Å². The van der Waals surface area contributed by atoms with Crippen LogP contribution in [-0.4, -0.2) is 4.98 Å². The van der Waals surface area contributed by atoms with E-state index in [1.807, 2.05) is 29.6 Å². The quantitative estimate of drug-likeness (QED) is 0.687. The van der Waals surface area contributed by atoms with E-state index in [1.54, 1.807) is 6.07 Å². The molecule has 0 atom stereocenters. The predicted molar refractivity (Wildman–Crippen MR) is 82.4 cm³/mol. The largest absolute Gasteiger partial charge is 0.398 e. The Morgan fingerprint density at radius 3 is 2.70 bits per heavy atom. The van der Waals surface area contributed by atoms with Gasteiger partial charge >= 0.3 is 0 Å². The molecule has 20 heavy (non-hydrogen) atoms. The van der Waals surface area contributed by atoms with Gasteiger partial charge in [0.25, 0.3) is 0 Å². The van der Waals surface area contributed by atoms with Crippen LogP contribution in [0.1, 0.15) is 0 Å². The van der Waals surface area contributed by atoms with E-state index in [2.05, 4.69) is 4.98 Å². The lowest BCUT2D eigenvalue weighted by atomic mass is 10.1. The number of nitrogens with zero attached hydrogens (tertiary/aromatic N) is 1. The lowest BCUT2D eigenvalue weighted by Crippen LogP contribution is -1.89. The van der Waals surface area contributed by atoms with Crippen molar-refractivity contribution in [3.8, 4) is 21.8 Å². The molecule has 0 saturated carbocycles. The van der Waals surface area contributed by atoms with E-state index in [9.17, 15) is 4.39 Å². The van der Waals surface area contributed by atoms with Crippen LogP contribution < -0.4 is 5.73 Å². The average Bonchev–Trinajstić information content (AvgIpc) is 2.91. The predicted octanol–water partition coefficient (Wildman–Crippen LogP) is 4.85. The second-order valence-corrected chi connectivity index (χ2v) is 5.54. The van der Waals surface area contributed by atoms with Crippen LogP contribution >= 0.6 is 22.9 Å². The van der Waals surface area contributed by atoms with Gasteiger partial charge in [0.05, 0.1) is 5.69 Å². The summed E-state index contributed by atoms with van der Waals surface area (Å²) in [5.41, 5.74) is 8.56. The molecule has 3 rings (SSSR count). The molecule has 100 valence electrons. The second-order valence-electron chi connectivity index (χ2n) is 4.25. The maximum atomic E-state index is 13.8. The smallest absolute Gasteiger partial charge is 0.133 e. The fraction of sp³-hybridized carbons (Fsp3) is 0. The van der Waals surface area contributed by atoms with Crippen LogP contribution in [0.15, 0.2) is 47.8 Å². The molecule has 0 aliphatic heterocycles. The Morgan fingerprint density at radius 2 is 1.90 bits per heavy atom. The first kappa shape index (κ1) is 13.1. The second kappa shape index (κ2) is 5.23. The summed E-state index contributed by atoms with van der Waals surface area (Å²) < 4.78 is 13.8. The molecular formula is C15H10ClFN2S. The van der Waals surface area contributed by atoms with Gasteiger partial charge < -0.3 is 5.73 Å². The standard InChI is InChI=1S/C15H10ClFN2S/c16-9-5-6-12(17)11(7-9)15-19-14(8-20-15)10-3-1-2-4-13(10)18/h1-8H,18H2. The topological polar surface area (TPSA) is 38.9 Å². The van der Waals surface area contributed by atoms with Crippen molar-refractivity contribution < 1.29 is 4.39 Å². The molecule has 0 aliphatic rings. The van der Waals surface area contributed by atoms with E-state index in [4.69, 9.17) is 17.3 Å². The van der Waals surface area contributed by atoms with Crippen molar-refractivity contribution in [3.63, 3.8) is 0 Å². The molecule has 0 unspecified atom stereocenters. The first-order valence-corrected chi connectivity index (χ1v) is 7.17. The minimum Gasteiger partial charge on any atom is -0.398 e. The number of anilines is 1. The van der Waals surface area contributed by atoms with Crippen molar-refractivity contribution in [1.29, 1.82) is 0 Å². The molecule has 1 heterocycles. The summed E-state index contributed by atoms with van der Waals surface area (Å²) in [5.74, 6) is -0.337. The Hall–Kier alpha value is -1.91. The zero-order valence-corrected chi connectivity index (χ0v) is 11.9. The number of rotatable bonds is 2. The SMILES string of the molecule is Nc1ccccc1-c1csc(-c2cc(Cl)ccc2F)n1. The molecule has 2 N–H and O–H groups in total. The normalized spacial score (nSPS) is 10.7. The average molecular weight is 305 g/mol. The number of nitrogen functional groups attached to an aromatic ring is 1. The van der Waals surface area contributed by atoms with E-state index in [-0.39, 0.29) is 5.82 Å². The summed E-state index contributed by atoms with van der Waals surface area (Å²) in [7, 11) is 0. The van der Waals surface area contributed by atoms with Crippen molar-refractivity contribution in [3.05, 3.63) is 58.7 Å². The van der Waals surface area contributed by atoms with Gasteiger partial charge in [-0.1, -0.05) is 29.8 Å². The van der Waals surface area contributed by atoms with Gasteiger partial charge in [0, 0.05) is 27.2 Å². The van der Waals surface area contributed by atoms with Gasteiger partial charge in [0.1, 0.15) is 10.8 Å². The third kappa shape index (κ3) is 2.40. The Labute approximate surface area is 124 Å².